The predicted molar refractivity (Wildman–Crippen MR) is 108 cm³/mol. The topological polar surface area (TPSA) is 28.6 Å². The van der Waals surface area contributed by atoms with Gasteiger partial charge in [-0.05, 0) is 26.7 Å². The highest BCUT2D eigenvalue weighted by Gasteiger charge is 2.35. The Morgan fingerprint density at radius 2 is 2.12 bits per heavy atom. The maximum Gasteiger partial charge on any atom is 0.146 e. The highest BCUT2D eigenvalue weighted by atomic mass is 35.5. The lowest BCUT2D eigenvalue weighted by molar-refractivity contribution is 0.134. The average Bonchev–Trinajstić information content (AvgIpc) is 3.02. The van der Waals surface area contributed by atoms with Crippen LogP contribution < -0.4 is 4.74 Å². The van der Waals surface area contributed by atoms with Gasteiger partial charge in [0, 0.05) is 48.6 Å². The molecule has 1 aromatic rings. The van der Waals surface area contributed by atoms with Crippen molar-refractivity contribution < 1.29 is 4.74 Å². The molecule has 2 aliphatic rings. The van der Waals surface area contributed by atoms with Crippen molar-refractivity contribution in [2.24, 2.45) is 11.8 Å². The second-order valence-corrected chi connectivity index (χ2v) is 8.12. The summed E-state index contributed by atoms with van der Waals surface area (Å²) in [6.45, 7) is 10.1. The van der Waals surface area contributed by atoms with E-state index in [0.717, 1.165) is 18.0 Å². The fourth-order valence-electron chi connectivity index (χ4n) is 4.17. The van der Waals surface area contributed by atoms with Gasteiger partial charge in [0.1, 0.15) is 5.75 Å². The van der Waals surface area contributed by atoms with Crippen LogP contribution in [0.5, 0.6) is 5.75 Å². The van der Waals surface area contributed by atoms with E-state index in [-0.39, 0.29) is 0 Å². The van der Waals surface area contributed by atoms with Gasteiger partial charge in [-0.3, -0.25) is 4.98 Å². The van der Waals surface area contributed by atoms with Crippen LogP contribution in [0, 0.1) is 11.8 Å². The van der Waals surface area contributed by atoms with Gasteiger partial charge in [-0.25, -0.2) is 0 Å². The summed E-state index contributed by atoms with van der Waals surface area (Å²) >= 11 is 6.22. The van der Waals surface area contributed by atoms with E-state index in [0.29, 0.717) is 29.5 Å². The zero-order valence-corrected chi connectivity index (χ0v) is 16.9. The van der Waals surface area contributed by atoms with Crippen molar-refractivity contribution in [2.45, 2.75) is 45.6 Å². The number of halogens is 1. The van der Waals surface area contributed by atoms with E-state index in [1.165, 1.54) is 31.4 Å². The van der Waals surface area contributed by atoms with Gasteiger partial charge in [0.05, 0.1) is 24.5 Å². The van der Waals surface area contributed by atoms with E-state index in [9.17, 15) is 0 Å². The third-order valence-electron chi connectivity index (χ3n) is 5.53. The summed E-state index contributed by atoms with van der Waals surface area (Å²) in [7, 11) is 2.16. The third-order valence-corrected chi connectivity index (χ3v) is 5.83. The molecule has 0 aromatic carbocycles. The third kappa shape index (κ3) is 4.01. The number of pyridine rings is 1. The second kappa shape index (κ2) is 8.34. The molecule has 5 heteroatoms. The van der Waals surface area contributed by atoms with Crippen LogP contribution in [0.15, 0.2) is 30.9 Å². The van der Waals surface area contributed by atoms with Crippen molar-refractivity contribution in [3.63, 3.8) is 0 Å². The lowest BCUT2D eigenvalue weighted by Gasteiger charge is -2.37. The van der Waals surface area contributed by atoms with Crippen molar-refractivity contribution in [3.8, 4) is 5.75 Å². The van der Waals surface area contributed by atoms with Crippen molar-refractivity contribution in [1.82, 2.24) is 14.8 Å². The first-order chi connectivity index (χ1) is 12.5. The van der Waals surface area contributed by atoms with E-state index in [1.807, 2.05) is 0 Å². The highest BCUT2D eigenvalue weighted by Crippen LogP contribution is 2.39. The smallest absolute Gasteiger partial charge is 0.146 e. The van der Waals surface area contributed by atoms with Crippen LogP contribution in [0.4, 0.5) is 0 Å². The molecule has 26 heavy (non-hydrogen) atoms. The number of ether oxygens (including phenoxy) is 1. The zero-order chi connectivity index (χ0) is 18.7. The summed E-state index contributed by atoms with van der Waals surface area (Å²) in [6.07, 6.45) is 12.5. The normalized spacial score (nSPS) is 23.3. The van der Waals surface area contributed by atoms with E-state index in [1.54, 1.807) is 18.5 Å². The number of rotatable bonds is 6. The molecule has 142 valence electrons. The molecule has 1 saturated carbocycles. The van der Waals surface area contributed by atoms with Crippen LogP contribution in [-0.4, -0.2) is 41.1 Å². The van der Waals surface area contributed by atoms with Crippen LogP contribution in [0.1, 0.15) is 45.1 Å². The summed E-state index contributed by atoms with van der Waals surface area (Å²) in [5.74, 6) is 1.80. The second-order valence-electron chi connectivity index (χ2n) is 7.72. The first-order valence-electron chi connectivity index (χ1n) is 9.58. The minimum atomic E-state index is 0.513. The molecule has 0 radical (unpaired) electrons. The van der Waals surface area contributed by atoms with Crippen LogP contribution in [0.25, 0.3) is 6.08 Å². The number of hydrogen-bond acceptors (Lipinski definition) is 4. The Bertz CT molecular complexity index is 673. The molecule has 2 atom stereocenters. The molecule has 1 aliphatic heterocycles. The van der Waals surface area contributed by atoms with Gasteiger partial charge in [0.25, 0.3) is 0 Å². The summed E-state index contributed by atoms with van der Waals surface area (Å²) in [5.41, 5.74) is 2.31. The van der Waals surface area contributed by atoms with Gasteiger partial charge in [-0.2, -0.15) is 0 Å². The Morgan fingerprint density at radius 3 is 2.85 bits per heavy atom. The lowest BCUT2D eigenvalue weighted by Crippen LogP contribution is -2.37. The molecule has 0 amide bonds. The minimum Gasteiger partial charge on any atom is -0.491 e. The molecule has 2 unspecified atom stereocenters. The molecule has 1 fully saturated rings. The van der Waals surface area contributed by atoms with Gasteiger partial charge in [0.2, 0.25) is 0 Å². The molecule has 0 spiro atoms. The van der Waals surface area contributed by atoms with Gasteiger partial charge >= 0.3 is 0 Å². The first-order valence-corrected chi connectivity index (χ1v) is 9.96. The quantitative estimate of drug-likeness (QED) is 0.698. The molecule has 0 saturated heterocycles. The largest absolute Gasteiger partial charge is 0.491 e. The summed E-state index contributed by atoms with van der Waals surface area (Å²) < 4.78 is 6.18. The minimum absolute atomic E-state index is 0.513. The van der Waals surface area contributed by atoms with E-state index >= 15 is 0 Å². The van der Waals surface area contributed by atoms with Crippen LogP contribution >= 0.6 is 11.6 Å². The monoisotopic (exact) mass is 375 g/mol. The highest BCUT2D eigenvalue weighted by molar-refractivity contribution is 6.32. The summed E-state index contributed by atoms with van der Waals surface area (Å²) in [5, 5.41) is 0.587. The standard InChI is InChI=1S/C21H30ClN3O/c1-5-17-19(22)10-23-11-21(17)26-13-16-8-6-7-9-18(16)20-12-24(4)14-25(20)15(2)3/h5,10-12,15-16,18H,1,6-9,13-14H2,2-4H3. The molecular weight excluding hydrogens is 346 g/mol. The van der Waals surface area contributed by atoms with Gasteiger partial charge in [-0.1, -0.05) is 37.1 Å². The van der Waals surface area contributed by atoms with Gasteiger partial charge in [-0.15, -0.1) is 0 Å². The molecule has 1 aliphatic carbocycles. The average molecular weight is 376 g/mol. The Labute approximate surface area is 162 Å². The Kier molecular flexibility index (Phi) is 6.13. The SMILES string of the molecule is C=Cc1c(Cl)cncc1OCC1CCCCC1C1=CN(C)CN1C(C)C. The van der Waals surface area contributed by atoms with Crippen molar-refractivity contribution in [3.05, 3.63) is 41.5 Å². The molecule has 0 N–H and O–H groups in total. The maximum absolute atomic E-state index is 6.22. The van der Waals surface area contributed by atoms with Crippen molar-refractivity contribution in [2.75, 3.05) is 20.3 Å². The summed E-state index contributed by atoms with van der Waals surface area (Å²) in [6, 6.07) is 0.513. The van der Waals surface area contributed by atoms with E-state index < -0.39 is 0 Å². The fraction of sp³-hybridized carbons (Fsp3) is 0.571. The zero-order valence-electron chi connectivity index (χ0n) is 16.1. The maximum atomic E-state index is 6.22. The predicted octanol–water partition coefficient (Wildman–Crippen LogP) is 5.02. The first kappa shape index (κ1) is 19.1. The van der Waals surface area contributed by atoms with Crippen LogP contribution in [-0.2, 0) is 0 Å². The molecule has 2 heterocycles. The fourth-order valence-corrected chi connectivity index (χ4v) is 4.39. The Morgan fingerprint density at radius 1 is 1.35 bits per heavy atom. The van der Waals surface area contributed by atoms with Crippen LogP contribution in [0.3, 0.4) is 0 Å². The molecule has 1 aromatic heterocycles. The summed E-state index contributed by atoms with van der Waals surface area (Å²) in [4.78, 5) is 8.98. The Balaban J connectivity index is 1.75. The number of nitrogens with zero attached hydrogens (tertiary/aromatic N) is 3. The Hall–Kier alpha value is -1.68. The number of hydrogen-bond donors (Lipinski definition) is 0. The molecule has 4 nitrogen and oxygen atoms in total. The number of allylic oxidation sites excluding steroid dienone is 1. The lowest BCUT2D eigenvalue weighted by atomic mass is 9.77. The van der Waals surface area contributed by atoms with Gasteiger partial charge in [0.15, 0.2) is 0 Å². The van der Waals surface area contributed by atoms with Crippen molar-refractivity contribution >= 4 is 17.7 Å². The van der Waals surface area contributed by atoms with Gasteiger partial charge < -0.3 is 14.5 Å². The number of aromatic nitrogens is 1. The molecule has 3 rings (SSSR count). The van der Waals surface area contributed by atoms with Crippen molar-refractivity contribution in [1.29, 1.82) is 0 Å². The van der Waals surface area contributed by atoms with Crippen LogP contribution in [0.2, 0.25) is 5.02 Å². The van der Waals surface area contributed by atoms with E-state index in [4.69, 9.17) is 16.3 Å². The van der Waals surface area contributed by atoms with E-state index in [2.05, 4.69) is 48.5 Å². The molecule has 0 bridgehead atoms. The molecular formula is C21H30ClN3O.